The number of hydrogen-bond donors (Lipinski definition) is 0. The normalized spacial score (nSPS) is 11.8. The molecule has 0 radical (unpaired) electrons. The van der Waals surface area contributed by atoms with Crippen LogP contribution in [0.25, 0.3) is 115 Å². The maximum Gasteiger partial charge on any atom is 0.164 e. The summed E-state index contributed by atoms with van der Waals surface area (Å²) < 4.78 is 4.91. The second-order valence-electron chi connectivity index (χ2n) is 14.8. The Morgan fingerprint density at radius 2 is 1.00 bits per heavy atom. The summed E-state index contributed by atoms with van der Waals surface area (Å²) in [5.74, 6) is 1.92. The molecule has 12 aromatic rings. The predicted octanol–water partition coefficient (Wildman–Crippen LogP) is 14.3. The van der Waals surface area contributed by atoms with Crippen molar-refractivity contribution in [2.24, 2.45) is 0 Å². The molecule has 0 aliphatic carbocycles. The van der Waals surface area contributed by atoms with Gasteiger partial charge in [-0.05, 0) is 69.8 Å². The highest BCUT2D eigenvalue weighted by atomic mass is 32.1. The summed E-state index contributed by atoms with van der Waals surface area (Å²) in [6.07, 6.45) is 0. The van der Waals surface area contributed by atoms with Gasteiger partial charge >= 0.3 is 0 Å². The molecule has 58 heavy (non-hydrogen) atoms. The number of nitrogens with zero attached hydrogens (tertiary/aromatic N) is 4. The van der Waals surface area contributed by atoms with Crippen molar-refractivity contribution in [2.75, 3.05) is 0 Å². The van der Waals surface area contributed by atoms with Crippen LogP contribution in [-0.4, -0.2) is 19.5 Å². The third-order valence-electron chi connectivity index (χ3n) is 11.4. The van der Waals surface area contributed by atoms with Crippen molar-refractivity contribution in [3.8, 4) is 51.0 Å². The van der Waals surface area contributed by atoms with Crippen molar-refractivity contribution in [2.45, 2.75) is 0 Å². The van der Waals surface area contributed by atoms with E-state index in [0.29, 0.717) is 17.5 Å². The van der Waals surface area contributed by atoms with Crippen LogP contribution in [0, 0.1) is 0 Å². The third kappa shape index (κ3) is 5.18. The van der Waals surface area contributed by atoms with Crippen LogP contribution in [0.1, 0.15) is 0 Å². The molecule has 3 aromatic heterocycles. The van der Waals surface area contributed by atoms with Crippen molar-refractivity contribution >= 4 is 74.9 Å². The first kappa shape index (κ1) is 32.7. The fourth-order valence-corrected chi connectivity index (χ4v) is 9.88. The molecule has 0 fully saturated rings. The molecule has 0 spiro atoms. The van der Waals surface area contributed by atoms with Crippen molar-refractivity contribution in [3.63, 3.8) is 0 Å². The number of fused-ring (bicyclic) bond motifs is 9. The van der Waals surface area contributed by atoms with Crippen LogP contribution in [0.15, 0.2) is 194 Å². The van der Waals surface area contributed by atoms with Crippen LogP contribution >= 0.6 is 11.3 Å². The number of hydrogen-bond acceptors (Lipinski definition) is 4. The van der Waals surface area contributed by atoms with Gasteiger partial charge in [0.1, 0.15) is 0 Å². The number of aromatic nitrogens is 4. The lowest BCUT2D eigenvalue weighted by Crippen LogP contribution is -2.02. The van der Waals surface area contributed by atoms with E-state index in [2.05, 4.69) is 180 Å². The lowest BCUT2D eigenvalue weighted by atomic mass is 9.97. The molecule has 12 rings (SSSR count). The van der Waals surface area contributed by atoms with Gasteiger partial charge in [-0.3, -0.25) is 0 Å². The molecule has 0 unspecified atom stereocenters. The van der Waals surface area contributed by atoms with Gasteiger partial charge < -0.3 is 4.57 Å². The molecule has 0 aliphatic rings. The summed E-state index contributed by atoms with van der Waals surface area (Å²) in [6.45, 7) is 0. The van der Waals surface area contributed by atoms with E-state index in [-0.39, 0.29) is 0 Å². The molecule has 3 heterocycles. The van der Waals surface area contributed by atoms with E-state index in [0.717, 1.165) is 33.5 Å². The molecule has 270 valence electrons. The van der Waals surface area contributed by atoms with Crippen LogP contribution in [0.3, 0.4) is 0 Å². The van der Waals surface area contributed by atoms with Gasteiger partial charge in [0, 0.05) is 58.7 Å². The monoisotopic (exact) mass is 756 g/mol. The highest BCUT2D eigenvalue weighted by Gasteiger charge is 2.21. The van der Waals surface area contributed by atoms with E-state index in [1.807, 2.05) is 18.2 Å². The predicted molar refractivity (Wildman–Crippen MR) is 244 cm³/mol. The lowest BCUT2D eigenvalue weighted by molar-refractivity contribution is 1.08. The number of rotatable bonds is 5. The maximum atomic E-state index is 5.37. The SMILES string of the molecule is c1ccc(-c2nc(-c3ccc(-n4c5cc6ccccc6cc5c5ccc6ccccc6c54)cc3-c3ccccc3)nc(-c3cccc4sc5ccccc5c34)n2)cc1. The zero-order valence-electron chi connectivity index (χ0n) is 31.2. The maximum absolute atomic E-state index is 5.37. The van der Waals surface area contributed by atoms with E-state index in [4.69, 9.17) is 15.0 Å². The average Bonchev–Trinajstić information content (AvgIpc) is 3.84. The molecule has 0 aliphatic heterocycles. The van der Waals surface area contributed by atoms with Crippen LogP contribution in [0.4, 0.5) is 0 Å². The van der Waals surface area contributed by atoms with Gasteiger partial charge in [0.15, 0.2) is 17.5 Å². The summed E-state index contributed by atoms with van der Waals surface area (Å²) in [4.78, 5) is 15.8. The fraction of sp³-hybridized carbons (Fsp3) is 0. The van der Waals surface area contributed by atoms with Crippen molar-refractivity contribution in [1.82, 2.24) is 19.5 Å². The molecular weight excluding hydrogens is 725 g/mol. The van der Waals surface area contributed by atoms with Gasteiger partial charge in [-0.2, -0.15) is 0 Å². The van der Waals surface area contributed by atoms with E-state index >= 15 is 0 Å². The summed E-state index contributed by atoms with van der Waals surface area (Å²) in [7, 11) is 0. The molecule has 0 saturated heterocycles. The van der Waals surface area contributed by atoms with Crippen LogP contribution in [0.5, 0.6) is 0 Å². The van der Waals surface area contributed by atoms with Gasteiger partial charge in [0.2, 0.25) is 0 Å². The van der Waals surface area contributed by atoms with Crippen molar-refractivity contribution in [1.29, 1.82) is 0 Å². The Kier molecular flexibility index (Phi) is 7.37. The standard InChI is InChI=1S/C53H32N4S/c1-3-14-33(15-4-1)44-32-38(57-46-31-37-20-8-7-19-36(37)30-45(46)40-28-26-34-16-9-10-21-39(34)50(40)57)27-29-41(44)52-54-51(35-17-5-2-6-18-35)55-53(56-52)43-23-13-25-48-49(43)42-22-11-12-24-47(42)58-48/h1-32H. The minimum absolute atomic E-state index is 0.629. The van der Waals surface area contributed by atoms with Crippen LogP contribution in [0.2, 0.25) is 0 Å². The second-order valence-corrected chi connectivity index (χ2v) is 15.9. The first-order valence-electron chi connectivity index (χ1n) is 19.5. The lowest BCUT2D eigenvalue weighted by Gasteiger charge is -2.16. The third-order valence-corrected chi connectivity index (χ3v) is 12.6. The Labute approximate surface area is 338 Å². The Morgan fingerprint density at radius 1 is 0.362 bits per heavy atom. The van der Waals surface area contributed by atoms with Crippen molar-refractivity contribution in [3.05, 3.63) is 194 Å². The molecule has 5 heteroatoms. The number of benzene rings is 9. The summed E-state index contributed by atoms with van der Waals surface area (Å²) in [5.41, 5.74) is 8.45. The van der Waals surface area contributed by atoms with Gasteiger partial charge in [0.25, 0.3) is 0 Å². The minimum atomic E-state index is 0.629. The molecule has 9 aromatic carbocycles. The molecular formula is C53H32N4S. The Bertz CT molecular complexity index is 3570. The van der Waals surface area contributed by atoms with Gasteiger partial charge in [0.05, 0.1) is 11.0 Å². The largest absolute Gasteiger partial charge is 0.309 e. The Balaban J connectivity index is 1.15. The van der Waals surface area contributed by atoms with Gasteiger partial charge in [-0.1, -0.05) is 152 Å². The first-order chi connectivity index (χ1) is 28.7. The molecule has 0 N–H and O–H groups in total. The van der Waals surface area contributed by atoms with Crippen LogP contribution in [-0.2, 0) is 0 Å². The summed E-state index contributed by atoms with van der Waals surface area (Å²) in [5, 5.41) is 9.71. The zero-order chi connectivity index (χ0) is 38.2. The number of thiophene rings is 1. The quantitative estimate of drug-likeness (QED) is 0.176. The molecule has 0 bridgehead atoms. The highest BCUT2D eigenvalue weighted by molar-refractivity contribution is 7.25. The smallest absolute Gasteiger partial charge is 0.164 e. The molecule has 0 atom stereocenters. The second kappa shape index (κ2) is 13.1. The van der Waals surface area contributed by atoms with Gasteiger partial charge in [-0.15, -0.1) is 11.3 Å². The van der Waals surface area contributed by atoms with Gasteiger partial charge in [-0.25, -0.2) is 15.0 Å². The summed E-state index contributed by atoms with van der Waals surface area (Å²) >= 11 is 1.80. The Morgan fingerprint density at radius 3 is 1.81 bits per heavy atom. The zero-order valence-corrected chi connectivity index (χ0v) is 32.0. The molecule has 4 nitrogen and oxygen atoms in total. The first-order valence-corrected chi connectivity index (χ1v) is 20.3. The Hall–Kier alpha value is -7.47. The van der Waals surface area contributed by atoms with E-state index in [9.17, 15) is 0 Å². The summed E-state index contributed by atoms with van der Waals surface area (Å²) in [6, 6.07) is 69.2. The topological polar surface area (TPSA) is 43.6 Å². The van der Waals surface area contributed by atoms with E-state index in [1.54, 1.807) is 11.3 Å². The highest BCUT2D eigenvalue weighted by Crippen LogP contribution is 2.43. The van der Waals surface area contributed by atoms with E-state index in [1.165, 1.54) is 63.5 Å². The molecule has 0 amide bonds. The fourth-order valence-electron chi connectivity index (χ4n) is 8.75. The van der Waals surface area contributed by atoms with E-state index < -0.39 is 0 Å². The average molecular weight is 757 g/mol. The van der Waals surface area contributed by atoms with Crippen LogP contribution < -0.4 is 0 Å². The molecule has 0 saturated carbocycles. The minimum Gasteiger partial charge on any atom is -0.309 e. The van der Waals surface area contributed by atoms with Crippen molar-refractivity contribution < 1.29 is 0 Å².